The van der Waals surface area contributed by atoms with E-state index in [1.165, 1.54) is 22.7 Å². The number of rotatable bonds is 4. The molecule has 96 valence electrons. The molecule has 0 aliphatic carbocycles. The molecule has 2 aromatic rings. The third-order valence-electron chi connectivity index (χ3n) is 2.41. The summed E-state index contributed by atoms with van der Waals surface area (Å²) in [6, 6.07) is -0.128. The van der Waals surface area contributed by atoms with E-state index in [0.29, 0.717) is 16.7 Å². The van der Waals surface area contributed by atoms with Crippen molar-refractivity contribution < 1.29 is 4.79 Å². The number of carbonyl (C=O) groups excluding carboxylic acids is 1. The first-order valence-corrected chi connectivity index (χ1v) is 7.25. The van der Waals surface area contributed by atoms with Crippen LogP contribution in [0.1, 0.15) is 35.4 Å². The van der Waals surface area contributed by atoms with Gasteiger partial charge in [-0.15, -0.1) is 22.7 Å². The number of anilines is 1. The van der Waals surface area contributed by atoms with Crippen LogP contribution in [0.3, 0.4) is 0 Å². The van der Waals surface area contributed by atoms with Crippen molar-refractivity contribution in [2.45, 2.75) is 19.9 Å². The summed E-state index contributed by atoms with van der Waals surface area (Å²) in [6.45, 7) is 4.06. The summed E-state index contributed by atoms with van der Waals surface area (Å²) in [7, 11) is 0. The topological polar surface area (TPSA) is 80.9 Å². The molecule has 18 heavy (non-hydrogen) atoms. The second-order valence-corrected chi connectivity index (χ2v) is 5.92. The number of carbonyl (C=O) groups is 1. The van der Waals surface area contributed by atoms with Gasteiger partial charge in [0.05, 0.1) is 6.04 Å². The van der Waals surface area contributed by atoms with E-state index in [4.69, 9.17) is 5.73 Å². The quantitative estimate of drug-likeness (QED) is 0.902. The Bertz CT molecular complexity index is 521. The Morgan fingerprint density at radius 3 is 2.83 bits per heavy atom. The molecule has 1 unspecified atom stereocenters. The number of hydrogen-bond acceptors (Lipinski definition) is 6. The van der Waals surface area contributed by atoms with Gasteiger partial charge in [0, 0.05) is 17.0 Å². The van der Waals surface area contributed by atoms with E-state index >= 15 is 0 Å². The second kappa shape index (κ2) is 5.55. The Kier molecular flexibility index (Phi) is 4.05. The summed E-state index contributed by atoms with van der Waals surface area (Å²) in [6.07, 6.45) is 1.64. The van der Waals surface area contributed by atoms with Gasteiger partial charge < -0.3 is 5.73 Å². The number of nitrogens with one attached hydrogen (secondary N) is 1. The maximum absolute atomic E-state index is 11.9. The van der Waals surface area contributed by atoms with E-state index in [0.717, 1.165) is 5.01 Å². The standard InChI is InChI=1S/C11H14N4OS2/c1-6(2)8(12)10-14-7(5-18-10)9(16)15-11-13-3-4-17-11/h3-6,8H,12H2,1-2H3,(H,13,15,16). The third-order valence-corrected chi connectivity index (χ3v) is 4.05. The average molecular weight is 282 g/mol. The highest BCUT2D eigenvalue weighted by Gasteiger charge is 2.17. The first-order valence-electron chi connectivity index (χ1n) is 5.49. The normalized spacial score (nSPS) is 12.7. The zero-order valence-corrected chi connectivity index (χ0v) is 11.7. The summed E-state index contributed by atoms with van der Waals surface area (Å²) in [4.78, 5) is 20.1. The van der Waals surface area contributed by atoms with E-state index in [1.807, 2.05) is 13.8 Å². The van der Waals surface area contributed by atoms with Crippen LogP contribution in [-0.4, -0.2) is 15.9 Å². The Balaban J connectivity index is 2.08. The van der Waals surface area contributed by atoms with Crippen molar-refractivity contribution in [2.24, 2.45) is 11.7 Å². The number of nitrogens with two attached hydrogens (primary N) is 1. The summed E-state index contributed by atoms with van der Waals surface area (Å²) in [5.41, 5.74) is 6.38. The molecular weight excluding hydrogens is 268 g/mol. The molecule has 1 atom stereocenters. The largest absolute Gasteiger partial charge is 0.322 e. The van der Waals surface area contributed by atoms with Crippen LogP contribution in [0.25, 0.3) is 0 Å². The molecular formula is C11H14N4OS2. The van der Waals surface area contributed by atoms with Crippen LogP contribution < -0.4 is 11.1 Å². The van der Waals surface area contributed by atoms with E-state index in [2.05, 4.69) is 15.3 Å². The highest BCUT2D eigenvalue weighted by Crippen LogP contribution is 2.23. The number of thiazole rings is 2. The fraction of sp³-hybridized carbons (Fsp3) is 0.364. The van der Waals surface area contributed by atoms with Crippen molar-refractivity contribution in [2.75, 3.05) is 5.32 Å². The predicted molar refractivity (Wildman–Crippen MR) is 73.9 cm³/mol. The summed E-state index contributed by atoms with van der Waals surface area (Å²) in [5, 5.41) is 7.57. The lowest BCUT2D eigenvalue weighted by molar-refractivity contribution is 0.102. The highest BCUT2D eigenvalue weighted by molar-refractivity contribution is 7.13. The summed E-state index contributed by atoms with van der Waals surface area (Å²) >= 11 is 2.78. The number of amides is 1. The smallest absolute Gasteiger partial charge is 0.276 e. The van der Waals surface area contributed by atoms with Crippen molar-refractivity contribution in [3.63, 3.8) is 0 Å². The van der Waals surface area contributed by atoms with E-state index in [-0.39, 0.29) is 11.9 Å². The fourth-order valence-corrected chi connectivity index (χ4v) is 2.77. The van der Waals surface area contributed by atoms with Gasteiger partial charge in [0.1, 0.15) is 10.7 Å². The molecule has 0 aromatic carbocycles. The molecule has 0 aliphatic rings. The Morgan fingerprint density at radius 2 is 2.22 bits per heavy atom. The first kappa shape index (κ1) is 13.1. The Morgan fingerprint density at radius 1 is 1.44 bits per heavy atom. The monoisotopic (exact) mass is 282 g/mol. The minimum Gasteiger partial charge on any atom is -0.322 e. The van der Waals surface area contributed by atoms with Gasteiger partial charge in [0.2, 0.25) is 0 Å². The van der Waals surface area contributed by atoms with Gasteiger partial charge in [-0.05, 0) is 5.92 Å². The van der Waals surface area contributed by atoms with Crippen LogP contribution in [0, 0.1) is 5.92 Å². The van der Waals surface area contributed by atoms with E-state index in [9.17, 15) is 4.79 Å². The Labute approximate surface area is 113 Å². The average Bonchev–Trinajstić information content (AvgIpc) is 2.97. The van der Waals surface area contributed by atoms with Crippen molar-refractivity contribution in [3.8, 4) is 0 Å². The van der Waals surface area contributed by atoms with Crippen LogP contribution in [0.15, 0.2) is 17.0 Å². The molecule has 5 nitrogen and oxygen atoms in total. The third kappa shape index (κ3) is 2.92. The van der Waals surface area contributed by atoms with Crippen molar-refractivity contribution >= 4 is 33.7 Å². The molecule has 2 aromatic heterocycles. The number of nitrogens with zero attached hydrogens (tertiary/aromatic N) is 2. The summed E-state index contributed by atoms with van der Waals surface area (Å²) in [5.74, 6) is 0.0504. The van der Waals surface area contributed by atoms with Crippen molar-refractivity contribution in [3.05, 3.63) is 27.7 Å². The van der Waals surface area contributed by atoms with Crippen LogP contribution >= 0.6 is 22.7 Å². The van der Waals surface area contributed by atoms with Crippen molar-refractivity contribution in [1.82, 2.24) is 9.97 Å². The Hall–Kier alpha value is -1.31. The molecule has 0 saturated carbocycles. The van der Waals surface area contributed by atoms with E-state index < -0.39 is 0 Å². The van der Waals surface area contributed by atoms with Gasteiger partial charge in [-0.1, -0.05) is 13.8 Å². The fourth-order valence-electron chi connectivity index (χ4n) is 1.28. The maximum Gasteiger partial charge on any atom is 0.276 e. The minimum absolute atomic E-state index is 0.128. The molecule has 0 saturated heterocycles. The lowest BCUT2D eigenvalue weighted by Gasteiger charge is -2.11. The molecule has 2 rings (SSSR count). The highest BCUT2D eigenvalue weighted by atomic mass is 32.1. The molecule has 0 spiro atoms. The van der Waals surface area contributed by atoms with Gasteiger partial charge in [-0.2, -0.15) is 0 Å². The SMILES string of the molecule is CC(C)C(N)c1nc(C(=O)Nc2nccs2)cs1. The van der Waals surface area contributed by atoms with Crippen molar-refractivity contribution in [1.29, 1.82) is 0 Å². The lowest BCUT2D eigenvalue weighted by atomic mass is 10.1. The molecule has 1 amide bonds. The second-order valence-electron chi connectivity index (χ2n) is 4.13. The zero-order chi connectivity index (χ0) is 13.1. The van der Waals surface area contributed by atoms with Gasteiger partial charge in [-0.25, -0.2) is 9.97 Å². The molecule has 2 heterocycles. The number of hydrogen-bond donors (Lipinski definition) is 2. The van der Waals surface area contributed by atoms with Crippen LogP contribution in [-0.2, 0) is 0 Å². The van der Waals surface area contributed by atoms with Crippen LogP contribution in [0.5, 0.6) is 0 Å². The van der Waals surface area contributed by atoms with Gasteiger partial charge in [0.25, 0.3) is 5.91 Å². The van der Waals surface area contributed by atoms with Crippen LogP contribution in [0.4, 0.5) is 5.13 Å². The first-order chi connectivity index (χ1) is 8.58. The summed E-state index contributed by atoms with van der Waals surface area (Å²) < 4.78 is 0. The number of aromatic nitrogens is 2. The minimum atomic E-state index is -0.247. The zero-order valence-electron chi connectivity index (χ0n) is 10.1. The molecule has 0 bridgehead atoms. The molecule has 0 aliphatic heterocycles. The van der Waals surface area contributed by atoms with Gasteiger partial charge >= 0.3 is 0 Å². The van der Waals surface area contributed by atoms with E-state index in [1.54, 1.807) is 17.0 Å². The molecule has 0 radical (unpaired) electrons. The molecule has 7 heteroatoms. The van der Waals surface area contributed by atoms with Gasteiger partial charge in [0.15, 0.2) is 5.13 Å². The molecule has 3 N–H and O–H groups in total. The van der Waals surface area contributed by atoms with Crippen LogP contribution in [0.2, 0.25) is 0 Å². The predicted octanol–water partition coefficient (Wildman–Crippen LogP) is 2.51. The van der Waals surface area contributed by atoms with Gasteiger partial charge in [-0.3, -0.25) is 10.1 Å². The lowest BCUT2D eigenvalue weighted by Crippen LogP contribution is -2.17. The molecule has 0 fully saturated rings. The maximum atomic E-state index is 11.9.